The minimum absolute atomic E-state index is 0.0139. The van der Waals surface area contributed by atoms with Gasteiger partial charge in [0.25, 0.3) is 0 Å². The van der Waals surface area contributed by atoms with E-state index in [9.17, 15) is 102 Å². The van der Waals surface area contributed by atoms with Gasteiger partial charge in [0.2, 0.25) is 82.7 Å². The van der Waals surface area contributed by atoms with Crippen molar-refractivity contribution in [3.63, 3.8) is 0 Å². The molecule has 652 valence electrons. The van der Waals surface area contributed by atoms with Gasteiger partial charge in [0.1, 0.15) is 72.5 Å². The van der Waals surface area contributed by atoms with Gasteiger partial charge in [0.15, 0.2) is 5.96 Å². The lowest BCUT2D eigenvalue weighted by Crippen LogP contribution is -2.61. The Labute approximate surface area is 685 Å². The molecule has 0 spiro atoms. The van der Waals surface area contributed by atoms with Gasteiger partial charge in [-0.1, -0.05) is 143 Å². The molecule has 2 aromatic rings. The zero-order valence-electron chi connectivity index (χ0n) is 68.3. The normalized spacial score (nSPS) is 15.0. The number of nitrogens with two attached hydrogens (primary N) is 4. The van der Waals surface area contributed by atoms with Gasteiger partial charge in [0.05, 0.1) is 25.6 Å². The zero-order chi connectivity index (χ0) is 88.3. The van der Waals surface area contributed by atoms with Crippen molar-refractivity contribution in [1.29, 1.82) is 0 Å². The summed E-state index contributed by atoms with van der Waals surface area (Å²) in [6, 6.07) is -3.17. The number of aliphatic carboxylic acids is 3. The summed E-state index contributed by atoms with van der Waals surface area (Å²) in [5, 5.41) is 72.4. The molecule has 0 saturated heterocycles. The number of hydrogen-bond acceptors (Lipinski definition) is 21. The molecular formula is C77H122N18O21S. The fraction of sp³-hybridized carbons (Fsp3) is 0.610. The van der Waals surface area contributed by atoms with E-state index in [1.54, 1.807) is 116 Å². The second-order valence-corrected chi connectivity index (χ2v) is 30.8. The number of carboxylic acids is 3. The molecule has 0 heterocycles. The van der Waals surface area contributed by atoms with Crippen molar-refractivity contribution in [3.05, 3.63) is 71.8 Å². The fourth-order valence-electron chi connectivity index (χ4n) is 11.7. The Bertz CT molecular complexity index is 3690. The first-order valence-corrected chi connectivity index (χ1v) is 40.3. The summed E-state index contributed by atoms with van der Waals surface area (Å²) in [5.41, 5.74) is 23.5. The first-order chi connectivity index (χ1) is 55.0. The summed E-state index contributed by atoms with van der Waals surface area (Å²) in [7, 11) is 0. The number of benzene rings is 2. The molecule has 0 bridgehead atoms. The fourth-order valence-corrected chi connectivity index (χ4v) is 12.2. The van der Waals surface area contributed by atoms with Crippen LogP contribution in [0.1, 0.15) is 157 Å². The van der Waals surface area contributed by atoms with Crippen LogP contribution < -0.4 is 92.1 Å². The Morgan fingerprint density at radius 3 is 1.23 bits per heavy atom. The summed E-state index contributed by atoms with van der Waals surface area (Å²) in [6.07, 6.45) is -1.43. The number of rotatable bonds is 56. The maximum absolute atomic E-state index is 14.8. The third-order valence-corrected chi connectivity index (χ3v) is 19.4. The third kappa shape index (κ3) is 39.0. The summed E-state index contributed by atoms with van der Waals surface area (Å²) in [5.74, 6) is -20.7. The van der Waals surface area contributed by atoms with E-state index in [1.807, 2.05) is 6.26 Å². The van der Waals surface area contributed by atoms with Crippen LogP contribution in [0.4, 0.5) is 0 Å². The van der Waals surface area contributed by atoms with Crippen molar-refractivity contribution in [3.8, 4) is 0 Å². The second kappa shape index (κ2) is 53.3. The number of carboxylic acid groups (broad SMARTS) is 3. The van der Waals surface area contributed by atoms with Crippen LogP contribution in [0.15, 0.2) is 65.7 Å². The average molecular weight is 1670 g/mol. The van der Waals surface area contributed by atoms with E-state index in [0.29, 0.717) is 16.9 Å². The summed E-state index contributed by atoms with van der Waals surface area (Å²) in [4.78, 5) is 236. The molecule has 40 heteroatoms. The molecule has 25 N–H and O–H groups in total. The van der Waals surface area contributed by atoms with Crippen LogP contribution in [0.2, 0.25) is 0 Å². The van der Waals surface area contributed by atoms with Gasteiger partial charge in [-0.2, -0.15) is 11.8 Å². The summed E-state index contributed by atoms with van der Waals surface area (Å²) < 4.78 is 0. The van der Waals surface area contributed by atoms with E-state index in [0.717, 1.165) is 0 Å². The highest BCUT2D eigenvalue weighted by Crippen LogP contribution is 2.17. The smallest absolute Gasteiger partial charge is 0.326 e. The van der Waals surface area contributed by atoms with Gasteiger partial charge in [-0.05, 0) is 97.7 Å². The Morgan fingerprint density at radius 1 is 0.427 bits per heavy atom. The minimum atomic E-state index is -1.84. The van der Waals surface area contributed by atoms with E-state index in [-0.39, 0.29) is 82.1 Å². The molecule has 0 radical (unpaired) electrons. The molecule has 117 heavy (non-hydrogen) atoms. The minimum Gasteiger partial charge on any atom is -0.481 e. The maximum atomic E-state index is 14.8. The highest BCUT2D eigenvalue weighted by molar-refractivity contribution is 7.98. The molecule has 0 aliphatic heterocycles. The largest absolute Gasteiger partial charge is 0.481 e. The van der Waals surface area contributed by atoms with Crippen LogP contribution >= 0.6 is 11.8 Å². The molecule has 0 fully saturated rings. The van der Waals surface area contributed by atoms with E-state index in [2.05, 4.69) is 74.1 Å². The molecule has 15 atom stereocenters. The number of hydrogen-bond donors (Lipinski definition) is 21. The lowest BCUT2D eigenvalue weighted by Gasteiger charge is -2.30. The van der Waals surface area contributed by atoms with Gasteiger partial charge in [-0.15, -0.1) is 0 Å². The Morgan fingerprint density at radius 2 is 0.803 bits per heavy atom. The topological polar surface area (TPSA) is 644 Å². The van der Waals surface area contributed by atoms with Crippen molar-refractivity contribution >= 4 is 118 Å². The Hall–Kier alpha value is -11.0. The number of thioether (sulfide) groups is 1. The van der Waals surface area contributed by atoms with E-state index in [1.165, 1.54) is 25.6 Å². The van der Waals surface area contributed by atoms with Crippen molar-refractivity contribution in [2.24, 2.45) is 57.5 Å². The molecule has 14 amide bonds. The zero-order valence-corrected chi connectivity index (χ0v) is 69.1. The van der Waals surface area contributed by atoms with Crippen LogP contribution in [0.25, 0.3) is 0 Å². The third-order valence-electron chi connectivity index (χ3n) is 18.7. The molecule has 0 aliphatic carbocycles. The number of aliphatic hydroxyl groups excluding tert-OH is 1. The molecule has 2 aromatic carbocycles. The second-order valence-electron chi connectivity index (χ2n) is 29.8. The highest BCUT2D eigenvalue weighted by Gasteiger charge is 2.40. The highest BCUT2D eigenvalue weighted by atomic mass is 32.2. The maximum Gasteiger partial charge on any atom is 0.326 e. The quantitative estimate of drug-likeness (QED) is 0.0179. The van der Waals surface area contributed by atoms with Crippen LogP contribution in [-0.4, -0.2) is 237 Å². The van der Waals surface area contributed by atoms with E-state index >= 15 is 0 Å². The number of nitrogens with one attached hydrogen (secondary N) is 13. The standard InChI is InChI=1S/C77H122N18O21S/c1-12-43(9)62(94-72(111)56(39-96)92-65(104)48(25-20-31-82-77(80)81)85-64(103)47(78)30-32-117-11)73(112)83-38-58(98)84-54(37-57(79)97)71(110)93-61(42(7)8)74(113)89-51(33-40(3)4)68(107)88-53(35-45-21-16-14-17-22-45)70(109)87-49(26-28-59(99)100)66(105)86-50(27-29-60(101)102)67(106)95-63(44(10)13-2)75(114)90-52(34-41(5)6)69(108)91-55(76(115)116)36-46-23-18-15-19-24-46/h14-19,21-24,40-44,47-56,61-63,96H,12-13,20,25-39,78H2,1-11H3,(H2,79,97)(H,83,112)(H,84,98)(H,85,103)(H,86,105)(H,87,109)(H,88,107)(H,89,113)(H,90,114)(H,91,108)(H,92,104)(H,93,110)(H,94,111)(H,95,106)(H,99,100)(H,101,102)(H,115,116)(H4,80,81,82)/t43-,44-,47-,48-,49-,50-,51-,52-,53-,54-,55-,56-,61-,62-,63-/m0/s1. The van der Waals surface area contributed by atoms with E-state index in [4.69, 9.17) is 22.9 Å². The number of nitrogens with zero attached hydrogens (tertiary/aromatic N) is 1. The monoisotopic (exact) mass is 1670 g/mol. The van der Waals surface area contributed by atoms with Gasteiger partial charge >= 0.3 is 17.9 Å². The number of aliphatic hydroxyl groups is 1. The Kier molecular flexibility index (Phi) is 46.4. The first-order valence-electron chi connectivity index (χ1n) is 38.9. The van der Waals surface area contributed by atoms with Crippen molar-refractivity contribution in [2.45, 2.75) is 238 Å². The Balaban J connectivity index is 2.47. The number of primary amides is 1. The number of amides is 14. The number of aliphatic imine (C=N–C) groups is 1. The molecule has 39 nitrogen and oxygen atoms in total. The SMILES string of the molecule is CC[C@H](C)[C@H](NC(=O)[C@H](CO)NC(=O)[C@H](CCCN=C(N)N)NC(=O)[C@@H](N)CCSC)C(=O)NCC(=O)N[C@@H](CC(N)=O)C(=O)N[C@H](C(=O)N[C@@H](CC(C)C)C(=O)N[C@@H](Cc1ccccc1)C(=O)N[C@@H](CCC(=O)O)C(=O)N[C@@H](CCC(=O)O)C(=O)N[C@H](C(=O)N[C@@H](CC(C)C)C(=O)N[C@@H](Cc1ccccc1)C(=O)O)[C@@H](C)CC)C(C)C. The first kappa shape index (κ1) is 102. The van der Waals surface area contributed by atoms with E-state index < -0.39 is 242 Å². The number of carbonyl (C=O) groups excluding carboxylic acids is 14. The number of guanidine groups is 1. The molecular weight excluding hydrogens is 1550 g/mol. The molecule has 0 aliphatic rings. The molecule has 0 aromatic heterocycles. The number of carbonyl (C=O) groups is 17. The average Bonchev–Trinajstić information content (AvgIpc) is 0.827. The van der Waals surface area contributed by atoms with Crippen molar-refractivity contribution in [2.75, 3.05) is 31.7 Å². The van der Waals surface area contributed by atoms with Crippen LogP contribution in [0.5, 0.6) is 0 Å². The van der Waals surface area contributed by atoms with Crippen molar-refractivity contribution in [1.82, 2.24) is 69.1 Å². The van der Waals surface area contributed by atoms with Crippen molar-refractivity contribution < 1.29 is 102 Å². The van der Waals surface area contributed by atoms with Gasteiger partial charge in [-0.3, -0.25) is 81.7 Å². The molecule has 2 rings (SSSR count). The predicted octanol–water partition coefficient (Wildman–Crippen LogP) is -2.94. The van der Waals surface area contributed by atoms with Gasteiger partial charge in [-0.25, -0.2) is 4.79 Å². The lowest BCUT2D eigenvalue weighted by atomic mass is 9.96. The van der Waals surface area contributed by atoms with Gasteiger partial charge in [0, 0.05) is 32.2 Å². The molecule has 0 unspecified atom stereocenters. The summed E-state index contributed by atoms with van der Waals surface area (Å²) in [6.45, 7) is 14.6. The summed E-state index contributed by atoms with van der Waals surface area (Å²) >= 11 is 1.45. The van der Waals surface area contributed by atoms with Crippen LogP contribution in [-0.2, 0) is 94.3 Å². The van der Waals surface area contributed by atoms with Crippen LogP contribution in [0, 0.1) is 29.6 Å². The lowest BCUT2D eigenvalue weighted by molar-refractivity contribution is -0.142. The van der Waals surface area contributed by atoms with Crippen LogP contribution in [0.3, 0.4) is 0 Å². The van der Waals surface area contributed by atoms with Gasteiger partial charge < -0.3 is 112 Å². The molecule has 0 saturated carbocycles. The predicted molar refractivity (Wildman–Crippen MR) is 432 cm³/mol.